The van der Waals surface area contributed by atoms with Crippen molar-refractivity contribution in [3.63, 3.8) is 0 Å². The average Bonchev–Trinajstić information content (AvgIpc) is 3.29. The Kier molecular flexibility index (Phi) is 1.91. The van der Waals surface area contributed by atoms with Gasteiger partial charge in [0.25, 0.3) is 0 Å². The molecular formula is C15H16N2O. The third-order valence-electron chi connectivity index (χ3n) is 4.20. The number of aromatic nitrogens is 1. The van der Waals surface area contributed by atoms with Gasteiger partial charge in [0.05, 0.1) is 5.41 Å². The molecule has 2 fully saturated rings. The summed E-state index contributed by atoms with van der Waals surface area (Å²) in [6.07, 6.45) is 6.27. The minimum absolute atomic E-state index is 0.231. The Morgan fingerprint density at radius 3 is 2.78 bits per heavy atom. The molecule has 0 aliphatic heterocycles. The molecule has 2 aromatic rings. The SMILES string of the molecule is O=C(NC1CC1)C1(c2c[nH]c3ccccc23)CC1. The summed E-state index contributed by atoms with van der Waals surface area (Å²) in [5.41, 5.74) is 2.05. The number of carbonyl (C=O) groups excluding carboxylic acids is 1. The van der Waals surface area contributed by atoms with E-state index in [4.69, 9.17) is 0 Å². The van der Waals surface area contributed by atoms with E-state index in [1.54, 1.807) is 0 Å². The fraction of sp³-hybridized carbons (Fsp3) is 0.400. The highest BCUT2D eigenvalue weighted by atomic mass is 16.2. The van der Waals surface area contributed by atoms with Gasteiger partial charge in [-0.15, -0.1) is 0 Å². The zero-order valence-corrected chi connectivity index (χ0v) is 10.2. The third-order valence-corrected chi connectivity index (χ3v) is 4.20. The fourth-order valence-electron chi connectivity index (χ4n) is 2.76. The number of fused-ring (bicyclic) bond motifs is 1. The van der Waals surface area contributed by atoms with E-state index in [-0.39, 0.29) is 11.3 Å². The van der Waals surface area contributed by atoms with Crippen molar-refractivity contribution >= 4 is 16.8 Å². The highest BCUT2D eigenvalue weighted by molar-refractivity contribution is 5.97. The molecule has 0 atom stereocenters. The second-order valence-corrected chi connectivity index (χ2v) is 5.58. The molecule has 2 saturated carbocycles. The van der Waals surface area contributed by atoms with E-state index in [9.17, 15) is 4.79 Å². The minimum atomic E-state index is -0.248. The number of H-pyrrole nitrogens is 1. The molecule has 0 bridgehead atoms. The summed E-state index contributed by atoms with van der Waals surface area (Å²) in [4.78, 5) is 15.7. The van der Waals surface area contributed by atoms with Gasteiger partial charge in [-0.2, -0.15) is 0 Å². The van der Waals surface area contributed by atoms with Crippen LogP contribution < -0.4 is 5.32 Å². The normalized spacial score (nSPS) is 20.9. The third kappa shape index (κ3) is 1.40. The topological polar surface area (TPSA) is 44.9 Å². The molecule has 18 heavy (non-hydrogen) atoms. The number of nitrogens with one attached hydrogen (secondary N) is 2. The van der Waals surface area contributed by atoms with Crippen LogP contribution in [0.5, 0.6) is 0 Å². The zero-order valence-electron chi connectivity index (χ0n) is 10.2. The van der Waals surface area contributed by atoms with Crippen molar-refractivity contribution < 1.29 is 4.79 Å². The number of carbonyl (C=O) groups is 1. The highest BCUT2D eigenvalue weighted by Crippen LogP contribution is 2.51. The number of aromatic amines is 1. The van der Waals surface area contributed by atoms with E-state index in [1.807, 2.05) is 18.3 Å². The van der Waals surface area contributed by atoms with Gasteiger partial charge in [0.2, 0.25) is 5.91 Å². The molecule has 3 heteroatoms. The Morgan fingerprint density at radius 2 is 2.06 bits per heavy atom. The van der Waals surface area contributed by atoms with Gasteiger partial charge in [0.1, 0.15) is 0 Å². The molecule has 2 N–H and O–H groups in total. The lowest BCUT2D eigenvalue weighted by Gasteiger charge is -2.14. The first-order chi connectivity index (χ1) is 8.79. The van der Waals surface area contributed by atoms with Gasteiger partial charge in [-0.1, -0.05) is 18.2 Å². The summed E-state index contributed by atoms with van der Waals surface area (Å²) in [5, 5.41) is 4.35. The molecule has 4 rings (SSSR count). The number of hydrogen-bond acceptors (Lipinski definition) is 1. The molecule has 2 aliphatic rings. The first kappa shape index (κ1) is 10.2. The van der Waals surface area contributed by atoms with Crippen LogP contribution in [0.3, 0.4) is 0 Å². The first-order valence-corrected chi connectivity index (χ1v) is 6.67. The monoisotopic (exact) mass is 240 g/mol. The van der Waals surface area contributed by atoms with Crippen molar-refractivity contribution in [2.45, 2.75) is 37.1 Å². The number of benzene rings is 1. The lowest BCUT2D eigenvalue weighted by Crippen LogP contribution is -2.35. The lowest BCUT2D eigenvalue weighted by molar-refractivity contribution is -0.123. The van der Waals surface area contributed by atoms with Crippen molar-refractivity contribution in [2.75, 3.05) is 0 Å². The minimum Gasteiger partial charge on any atom is -0.361 e. The summed E-state index contributed by atoms with van der Waals surface area (Å²) in [6.45, 7) is 0. The van der Waals surface area contributed by atoms with Crippen LogP contribution in [0, 0.1) is 0 Å². The van der Waals surface area contributed by atoms with Crippen LogP contribution in [0.2, 0.25) is 0 Å². The lowest BCUT2D eigenvalue weighted by atomic mass is 9.94. The Labute approximate surface area is 106 Å². The number of para-hydroxylation sites is 1. The fourth-order valence-corrected chi connectivity index (χ4v) is 2.76. The van der Waals surface area contributed by atoms with E-state index >= 15 is 0 Å². The summed E-state index contributed by atoms with van der Waals surface area (Å²) in [6, 6.07) is 8.67. The van der Waals surface area contributed by atoms with Crippen LogP contribution in [0.15, 0.2) is 30.5 Å². The standard InChI is InChI=1S/C15H16N2O/c18-14(17-10-5-6-10)15(7-8-15)12-9-16-13-4-2-1-3-11(12)13/h1-4,9-10,16H,5-8H2,(H,17,18). The molecule has 1 heterocycles. The summed E-state index contributed by atoms with van der Waals surface area (Å²) < 4.78 is 0. The quantitative estimate of drug-likeness (QED) is 0.850. The second-order valence-electron chi connectivity index (χ2n) is 5.58. The molecule has 0 saturated heterocycles. The van der Waals surface area contributed by atoms with Crippen molar-refractivity contribution in [1.29, 1.82) is 0 Å². The zero-order chi connectivity index (χ0) is 12.2. The predicted molar refractivity (Wildman–Crippen MR) is 70.4 cm³/mol. The molecular weight excluding hydrogens is 224 g/mol. The number of amides is 1. The van der Waals surface area contributed by atoms with Gasteiger partial charge in [-0.05, 0) is 37.3 Å². The summed E-state index contributed by atoms with van der Waals surface area (Å²) >= 11 is 0. The maximum absolute atomic E-state index is 12.4. The van der Waals surface area contributed by atoms with Crippen LogP contribution in [-0.4, -0.2) is 16.9 Å². The Morgan fingerprint density at radius 1 is 1.28 bits per heavy atom. The molecule has 2 aliphatic carbocycles. The van der Waals surface area contributed by atoms with Crippen LogP contribution in [0.1, 0.15) is 31.2 Å². The maximum Gasteiger partial charge on any atom is 0.230 e. The van der Waals surface area contributed by atoms with E-state index in [1.165, 1.54) is 10.9 Å². The molecule has 3 nitrogen and oxygen atoms in total. The van der Waals surface area contributed by atoms with Gasteiger partial charge in [-0.25, -0.2) is 0 Å². The molecule has 92 valence electrons. The van der Waals surface area contributed by atoms with Gasteiger partial charge >= 0.3 is 0 Å². The predicted octanol–water partition coefficient (Wildman–Crippen LogP) is 2.48. The van der Waals surface area contributed by atoms with Gasteiger partial charge in [-0.3, -0.25) is 4.79 Å². The number of rotatable bonds is 3. The largest absolute Gasteiger partial charge is 0.361 e. The first-order valence-electron chi connectivity index (χ1n) is 6.67. The second kappa shape index (κ2) is 3.37. The van der Waals surface area contributed by atoms with E-state index < -0.39 is 0 Å². The van der Waals surface area contributed by atoms with Crippen molar-refractivity contribution in [3.05, 3.63) is 36.0 Å². The van der Waals surface area contributed by atoms with Crippen molar-refractivity contribution in [1.82, 2.24) is 10.3 Å². The average molecular weight is 240 g/mol. The maximum atomic E-state index is 12.4. The van der Waals surface area contributed by atoms with Crippen LogP contribution in [0.4, 0.5) is 0 Å². The molecule has 0 unspecified atom stereocenters. The van der Waals surface area contributed by atoms with E-state index in [2.05, 4.69) is 22.4 Å². The van der Waals surface area contributed by atoms with E-state index in [0.717, 1.165) is 31.2 Å². The van der Waals surface area contributed by atoms with Gasteiger partial charge in [0.15, 0.2) is 0 Å². The molecule has 1 amide bonds. The van der Waals surface area contributed by atoms with Crippen LogP contribution in [0.25, 0.3) is 10.9 Å². The Bertz CT molecular complexity index is 620. The van der Waals surface area contributed by atoms with Gasteiger partial charge < -0.3 is 10.3 Å². The Balaban J connectivity index is 1.74. The summed E-state index contributed by atoms with van der Waals surface area (Å²) in [7, 11) is 0. The van der Waals surface area contributed by atoms with Crippen molar-refractivity contribution in [3.8, 4) is 0 Å². The van der Waals surface area contributed by atoms with Crippen LogP contribution in [-0.2, 0) is 10.2 Å². The smallest absolute Gasteiger partial charge is 0.230 e. The highest BCUT2D eigenvalue weighted by Gasteiger charge is 2.53. The van der Waals surface area contributed by atoms with Crippen molar-refractivity contribution in [2.24, 2.45) is 0 Å². The molecule has 0 radical (unpaired) electrons. The van der Waals surface area contributed by atoms with Crippen LogP contribution >= 0.6 is 0 Å². The molecule has 0 spiro atoms. The van der Waals surface area contributed by atoms with E-state index in [0.29, 0.717) is 6.04 Å². The number of hydrogen-bond donors (Lipinski definition) is 2. The van der Waals surface area contributed by atoms with Gasteiger partial charge in [0, 0.05) is 23.1 Å². The molecule has 1 aromatic carbocycles. The Hall–Kier alpha value is -1.77. The molecule has 1 aromatic heterocycles. The summed E-state index contributed by atoms with van der Waals surface area (Å²) in [5.74, 6) is 0.231.